The van der Waals surface area contributed by atoms with Crippen LogP contribution in [0.4, 0.5) is 0 Å². The highest BCUT2D eigenvalue weighted by Crippen LogP contribution is 2.18. The minimum absolute atomic E-state index is 0.0392. The molecular weight excluding hydrogens is 433 g/mol. The molecule has 1 aromatic carbocycles. The number of benzene rings is 1. The van der Waals surface area contributed by atoms with Crippen LogP contribution < -0.4 is 5.32 Å². The number of carbonyl (C=O) groups excluding carboxylic acids is 1. The largest absolute Gasteiger partial charge is 0.469 e. The molecule has 1 heterocycles. The molecule has 0 fully saturated rings. The summed E-state index contributed by atoms with van der Waals surface area (Å²) < 4.78 is 7.14. The highest BCUT2D eigenvalue weighted by atomic mass is 127. The first kappa shape index (κ1) is 15.6. The van der Waals surface area contributed by atoms with Gasteiger partial charge in [-0.25, -0.2) is 0 Å². The van der Waals surface area contributed by atoms with Gasteiger partial charge < -0.3 is 9.73 Å². The minimum Gasteiger partial charge on any atom is -0.469 e. The van der Waals surface area contributed by atoms with E-state index in [0.29, 0.717) is 5.56 Å². The van der Waals surface area contributed by atoms with Crippen molar-refractivity contribution in [2.45, 2.75) is 25.8 Å². The number of carbonyl (C=O) groups is 1. The fourth-order valence-electron chi connectivity index (χ4n) is 1.86. The Morgan fingerprint density at radius 1 is 1.45 bits per heavy atom. The zero-order valence-electron chi connectivity index (χ0n) is 11.0. The molecule has 2 aromatic rings. The Balaban J connectivity index is 1.91. The number of halogens is 2. The van der Waals surface area contributed by atoms with E-state index >= 15 is 0 Å². The molecule has 0 saturated heterocycles. The van der Waals surface area contributed by atoms with Crippen molar-refractivity contribution in [1.82, 2.24) is 5.32 Å². The molecule has 1 amide bonds. The number of rotatable bonds is 5. The van der Waals surface area contributed by atoms with E-state index in [1.165, 1.54) is 0 Å². The van der Waals surface area contributed by atoms with Gasteiger partial charge in [0.25, 0.3) is 5.91 Å². The third-order valence-corrected chi connectivity index (χ3v) is 4.39. The normalized spacial score (nSPS) is 12.2. The Labute approximate surface area is 140 Å². The van der Waals surface area contributed by atoms with Gasteiger partial charge in [0.2, 0.25) is 0 Å². The summed E-state index contributed by atoms with van der Waals surface area (Å²) >= 11 is 5.56. The van der Waals surface area contributed by atoms with Gasteiger partial charge in [0.15, 0.2) is 0 Å². The summed E-state index contributed by atoms with van der Waals surface area (Å²) in [6.45, 7) is 2.01. The summed E-state index contributed by atoms with van der Waals surface area (Å²) in [5.41, 5.74) is 0.699. The van der Waals surface area contributed by atoms with Gasteiger partial charge >= 0.3 is 0 Å². The molecule has 0 spiro atoms. The fourth-order valence-corrected chi connectivity index (χ4v) is 2.80. The van der Waals surface area contributed by atoms with Crippen LogP contribution in [0, 0.1) is 3.57 Å². The van der Waals surface area contributed by atoms with E-state index in [2.05, 4.69) is 43.8 Å². The Morgan fingerprint density at radius 2 is 2.25 bits per heavy atom. The average Bonchev–Trinajstić information content (AvgIpc) is 2.92. The maximum atomic E-state index is 12.2. The summed E-state index contributed by atoms with van der Waals surface area (Å²) in [5.74, 6) is 0.908. The summed E-state index contributed by atoms with van der Waals surface area (Å²) in [6, 6.07) is 9.62. The molecule has 2 rings (SSSR count). The van der Waals surface area contributed by atoms with Crippen LogP contribution in [0.2, 0.25) is 0 Å². The topological polar surface area (TPSA) is 42.2 Å². The van der Waals surface area contributed by atoms with Crippen molar-refractivity contribution in [2.24, 2.45) is 0 Å². The third-order valence-electron chi connectivity index (χ3n) is 2.95. The summed E-state index contributed by atoms with van der Waals surface area (Å²) in [6.07, 6.45) is 3.34. The van der Waals surface area contributed by atoms with Crippen LogP contribution in [0.25, 0.3) is 0 Å². The van der Waals surface area contributed by atoms with Crippen LogP contribution >= 0.6 is 38.5 Å². The third kappa shape index (κ3) is 4.34. The Morgan fingerprint density at radius 3 is 2.95 bits per heavy atom. The number of hydrogen-bond donors (Lipinski definition) is 1. The van der Waals surface area contributed by atoms with Crippen molar-refractivity contribution in [3.05, 3.63) is 56.0 Å². The van der Waals surface area contributed by atoms with Crippen LogP contribution in [0.15, 0.2) is 45.5 Å². The van der Waals surface area contributed by atoms with Crippen molar-refractivity contribution < 1.29 is 9.21 Å². The van der Waals surface area contributed by atoms with Crippen LogP contribution in [0.1, 0.15) is 29.5 Å². The summed E-state index contributed by atoms with van der Waals surface area (Å²) in [4.78, 5) is 12.2. The van der Waals surface area contributed by atoms with E-state index in [4.69, 9.17) is 4.42 Å². The van der Waals surface area contributed by atoms with Gasteiger partial charge in [0.05, 0.1) is 11.8 Å². The SMILES string of the molecule is CC(CCc1ccco1)NC(=O)c1cc(Br)ccc1I. The molecule has 1 unspecified atom stereocenters. The fraction of sp³-hybridized carbons (Fsp3) is 0.267. The minimum atomic E-state index is -0.0392. The second-order valence-electron chi connectivity index (χ2n) is 4.62. The second-order valence-corrected chi connectivity index (χ2v) is 6.69. The molecule has 20 heavy (non-hydrogen) atoms. The first-order chi connectivity index (χ1) is 9.56. The van der Waals surface area contributed by atoms with Crippen LogP contribution in [0.3, 0.4) is 0 Å². The monoisotopic (exact) mass is 447 g/mol. The van der Waals surface area contributed by atoms with Gasteiger partial charge in [-0.05, 0) is 66.3 Å². The molecular formula is C15H15BrINO2. The maximum absolute atomic E-state index is 12.2. The number of furan rings is 1. The zero-order chi connectivity index (χ0) is 14.5. The van der Waals surface area contributed by atoms with Crippen molar-refractivity contribution in [3.63, 3.8) is 0 Å². The van der Waals surface area contributed by atoms with Gasteiger partial charge in [0, 0.05) is 20.5 Å². The van der Waals surface area contributed by atoms with Gasteiger partial charge in [-0.15, -0.1) is 0 Å². The number of amides is 1. The Kier molecular flexibility index (Phi) is 5.65. The van der Waals surface area contributed by atoms with Crippen molar-refractivity contribution in [2.75, 3.05) is 0 Å². The molecule has 1 atom stereocenters. The molecule has 5 heteroatoms. The van der Waals surface area contributed by atoms with Gasteiger partial charge in [-0.2, -0.15) is 0 Å². The lowest BCUT2D eigenvalue weighted by Gasteiger charge is -2.14. The maximum Gasteiger partial charge on any atom is 0.252 e. The summed E-state index contributed by atoms with van der Waals surface area (Å²) in [5, 5.41) is 3.02. The zero-order valence-corrected chi connectivity index (χ0v) is 14.8. The van der Waals surface area contributed by atoms with Gasteiger partial charge in [-0.1, -0.05) is 15.9 Å². The summed E-state index contributed by atoms with van der Waals surface area (Å²) in [7, 11) is 0. The van der Waals surface area contributed by atoms with E-state index in [0.717, 1.165) is 26.6 Å². The lowest BCUT2D eigenvalue weighted by Crippen LogP contribution is -2.33. The standard InChI is InChI=1S/C15H15BrINO2/c1-10(4-6-12-3-2-8-20-12)18-15(19)13-9-11(16)5-7-14(13)17/h2-3,5,7-10H,4,6H2,1H3,(H,18,19). The Hall–Kier alpha value is -0.820. The molecule has 0 saturated carbocycles. The molecule has 3 nitrogen and oxygen atoms in total. The van der Waals surface area contributed by atoms with E-state index in [1.807, 2.05) is 37.3 Å². The second kappa shape index (κ2) is 7.26. The van der Waals surface area contributed by atoms with E-state index < -0.39 is 0 Å². The predicted molar refractivity (Wildman–Crippen MR) is 90.8 cm³/mol. The molecule has 1 aromatic heterocycles. The molecule has 0 bridgehead atoms. The van der Waals surface area contributed by atoms with Gasteiger partial charge in [0.1, 0.15) is 5.76 Å². The number of nitrogens with one attached hydrogen (secondary N) is 1. The van der Waals surface area contributed by atoms with E-state index in [9.17, 15) is 4.79 Å². The van der Waals surface area contributed by atoms with Crippen molar-refractivity contribution >= 4 is 44.4 Å². The first-order valence-electron chi connectivity index (χ1n) is 6.34. The molecule has 106 valence electrons. The highest BCUT2D eigenvalue weighted by molar-refractivity contribution is 14.1. The lowest BCUT2D eigenvalue weighted by atomic mass is 10.1. The van der Waals surface area contributed by atoms with Crippen LogP contribution in [-0.4, -0.2) is 11.9 Å². The smallest absolute Gasteiger partial charge is 0.252 e. The quantitative estimate of drug-likeness (QED) is 0.690. The average molecular weight is 448 g/mol. The number of aryl methyl sites for hydroxylation is 1. The van der Waals surface area contributed by atoms with Gasteiger partial charge in [-0.3, -0.25) is 4.79 Å². The molecule has 1 N–H and O–H groups in total. The molecule has 0 aliphatic carbocycles. The molecule has 0 aliphatic rings. The number of hydrogen-bond acceptors (Lipinski definition) is 2. The van der Waals surface area contributed by atoms with Crippen molar-refractivity contribution in [1.29, 1.82) is 0 Å². The van der Waals surface area contributed by atoms with Crippen LogP contribution in [-0.2, 0) is 6.42 Å². The Bertz CT molecular complexity index is 584. The lowest BCUT2D eigenvalue weighted by molar-refractivity contribution is 0.0937. The van der Waals surface area contributed by atoms with Crippen LogP contribution in [0.5, 0.6) is 0 Å². The first-order valence-corrected chi connectivity index (χ1v) is 8.21. The highest BCUT2D eigenvalue weighted by Gasteiger charge is 2.13. The van der Waals surface area contributed by atoms with E-state index in [-0.39, 0.29) is 11.9 Å². The molecule has 0 radical (unpaired) electrons. The predicted octanol–water partition coefficient (Wildman–Crippen LogP) is 4.40. The van der Waals surface area contributed by atoms with E-state index in [1.54, 1.807) is 6.26 Å². The van der Waals surface area contributed by atoms with Crippen molar-refractivity contribution in [3.8, 4) is 0 Å². The molecule has 0 aliphatic heterocycles.